The molecule has 0 N–H and O–H groups in total. The molecule has 2 heterocycles. The van der Waals surface area contributed by atoms with E-state index in [4.69, 9.17) is 0 Å². The highest BCUT2D eigenvalue weighted by atomic mass is 16.1. The second-order valence-electron chi connectivity index (χ2n) is 11.9. The lowest BCUT2D eigenvalue weighted by Gasteiger charge is -2.29. The SMILES string of the molecule is C=C=C=CN1C(=C2C(=O)C(=C3N(CCCC)c4ccccc4C3(C)C)c3ccccc32)C(C)(C)c2ccccc21. The van der Waals surface area contributed by atoms with Crippen LogP contribution in [0.15, 0.2) is 108 Å². The van der Waals surface area contributed by atoms with Crippen LogP contribution >= 0.6 is 0 Å². The molecule has 40 heavy (non-hydrogen) atoms. The molecule has 3 aliphatic rings. The maximum Gasteiger partial charge on any atom is 0.197 e. The smallest absolute Gasteiger partial charge is 0.197 e. The van der Waals surface area contributed by atoms with Crippen molar-refractivity contribution in [3.05, 3.63) is 131 Å². The van der Waals surface area contributed by atoms with Crippen molar-refractivity contribution in [2.75, 3.05) is 16.3 Å². The molecule has 0 aromatic heterocycles. The van der Waals surface area contributed by atoms with Gasteiger partial charge in [0.15, 0.2) is 5.78 Å². The van der Waals surface area contributed by atoms with Crippen LogP contribution in [0.3, 0.4) is 0 Å². The van der Waals surface area contributed by atoms with Gasteiger partial charge in [-0.1, -0.05) is 113 Å². The summed E-state index contributed by atoms with van der Waals surface area (Å²) in [5, 5.41) is 0. The number of para-hydroxylation sites is 2. The van der Waals surface area contributed by atoms with Crippen LogP contribution in [0.25, 0.3) is 11.1 Å². The van der Waals surface area contributed by atoms with Crippen molar-refractivity contribution < 1.29 is 4.79 Å². The van der Waals surface area contributed by atoms with Gasteiger partial charge in [0.2, 0.25) is 0 Å². The highest BCUT2D eigenvalue weighted by Gasteiger charge is 2.49. The van der Waals surface area contributed by atoms with Crippen molar-refractivity contribution in [2.45, 2.75) is 58.3 Å². The van der Waals surface area contributed by atoms with E-state index < -0.39 is 5.41 Å². The van der Waals surface area contributed by atoms with Crippen LogP contribution in [0.1, 0.15) is 69.7 Å². The Kier molecular flexibility index (Phi) is 6.11. The predicted molar refractivity (Wildman–Crippen MR) is 166 cm³/mol. The van der Waals surface area contributed by atoms with Crippen LogP contribution in [0, 0.1) is 0 Å². The molecule has 0 bridgehead atoms. The van der Waals surface area contributed by atoms with Gasteiger partial charge in [-0.05, 0) is 47.4 Å². The number of hydrogen-bond donors (Lipinski definition) is 0. The zero-order valence-corrected chi connectivity index (χ0v) is 24.1. The number of carbonyl (C=O) groups is 1. The van der Waals surface area contributed by atoms with Crippen molar-refractivity contribution >= 4 is 28.3 Å². The summed E-state index contributed by atoms with van der Waals surface area (Å²) in [6.07, 6.45) is 4.01. The summed E-state index contributed by atoms with van der Waals surface area (Å²) in [4.78, 5) is 19.6. The number of rotatable bonds is 4. The number of ketones is 1. The summed E-state index contributed by atoms with van der Waals surface area (Å²) in [5.74, 6) is 0.0930. The first-order valence-corrected chi connectivity index (χ1v) is 14.3. The lowest BCUT2D eigenvalue weighted by molar-refractivity contribution is -0.108. The van der Waals surface area contributed by atoms with Crippen LogP contribution in [-0.4, -0.2) is 12.3 Å². The van der Waals surface area contributed by atoms with E-state index in [-0.39, 0.29) is 11.2 Å². The first kappa shape index (κ1) is 26.0. The quantitative estimate of drug-likeness (QED) is 0.252. The fraction of sp³-hybridized carbons (Fsp3) is 0.270. The first-order valence-electron chi connectivity index (χ1n) is 14.3. The van der Waals surface area contributed by atoms with E-state index in [1.165, 1.54) is 16.8 Å². The van der Waals surface area contributed by atoms with Crippen molar-refractivity contribution in [2.24, 2.45) is 0 Å². The number of hydrogen-bond acceptors (Lipinski definition) is 3. The minimum Gasteiger partial charge on any atom is -0.343 e. The molecule has 0 atom stereocenters. The number of benzene rings is 3. The average molecular weight is 525 g/mol. The monoisotopic (exact) mass is 524 g/mol. The third kappa shape index (κ3) is 3.56. The van der Waals surface area contributed by atoms with Crippen molar-refractivity contribution in [1.29, 1.82) is 0 Å². The largest absolute Gasteiger partial charge is 0.343 e. The molecule has 0 unspecified atom stereocenters. The van der Waals surface area contributed by atoms with Gasteiger partial charge in [0.05, 0.1) is 23.0 Å². The Morgan fingerprint density at radius 3 is 1.93 bits per heavy atom. The van der Waals surface area contributed by atoms with Crippen molar-refractivity contribution in [3.63, 3.8) is 0 Å². The number of Topliss-reactive ketones (excluding diaryl/α,β-unsaturated/α-hetero) is 1. The van der Waals surface area contributed by atoms with Gasteiger partial charge in [-0.25, -0.2) is 0 Å². The van der Waals surface area contributed by atoms with Gasteiger partial charge >= 0.3 is 0 Å². The molecule has 0 spiro atoms. The van der Waals surface area contributed by atoms with Gasteiger partial charge in [-0.15, -0.1) is 0 Å². The Balaban J connectivity index is 1.68. The van der Waals surface area contributed by atoms with Gasteiger partial charge in [-0.2, -0.15) is 0 Å². The number of carbonyl (C=O) groups excluding carboxylic acids is 1. The van der Waals surface area contributed by atoms with Gasteiger partial charge in [-0.3, -0.25) is 4.79 Å². The van der Waals surface area contributed by atoms with E-state index in [0.29, 0.717) is 0 Å². The highest BCUT2D eigenvalue weighted by molar-refractivity contribution is 6.49. The molecule has 0 saturated carbocycles. The third-order valence-electron chi connectivity index (χ3n) is 8.82. The molecule has 3 heteroatoms. The second kappa shape index (κ2) is 9.42. The van der Waals surface area contributed by atoms with E-state index in [1.807, 2.05) is 18.3 Å². The zero-order valence-electron chi connectivity index (χ0n) is 24.1. The molecule has 3 aromatic carbocycles. The van der Waals surface area contributed by atoms with Crippen LogP contribution < -0.4 is 9.80 Å². The Bertz CT molecular complexity index is 1700. The lowest BCUT2D eigenvalue weighted by atomic mass is 9.80. The van der Waals surface area contributed by atoms with Crippen LogP contribution in [0.2, 0.25) is 0 Å². The normalized spacial score (nSPS) is 21.6. The van der Waals surface area contributed by atoms with E-state index >= 15 is 4.79 Å². The Hall–Kier alpha value is -4.29. The molecule has 0 amide bonds. The number of allylic oxidation sites excluding steroid dienone is 4. The highest BCUT2D eigenvalue weighted by Crippen LogP contribution is 2.57. The summed E-state index contributed by atoms with van der Waals surface area (Å²) >= 11 is 0. The summed E-state index contributed by atoms with van der Waals surface area (Å²) < 4.78 is 0. The summed E-state index contributed by atoms with van der Waals surface area (Å²) in [6.45, 7) is 15.8. The Morgan fingerprint density at radius 2 is 1.30 bits per heavy atom. The Labute approximate surface area is 238 Å². The van der Waals surface area contributed by atoms with Crippen LogP contribution in [0.4, 0.5) is 11.4 Å². The van der Waals surface area contributed by atoms with Crippen LogP contribution in [-0.2, 0) is 15.6 Å². The minimum atomic E-state index is -0.399. The molecule has 2 aliphatic heterocycles. The van der Waals surface area contributed by atoms with Crippen LogP contribution in [0.5, 0.6) is 0 Å². The average Bonchev–Trinajstić information content (AvgIpc) is 3.45. The molecule has 0 fully saturated rings. The molecular weight excluding hydrogens is 488 g/mol. The summed E-state index contributed by atoms with van der Waals surface area (Å²) in [7, 11) is 0. The number of fused-ring (bicyclic) bond motifs is 3. The van der Waals surface area contributed by atoms with Crippen molar-refractivity contribution in [1.82, 2.24) is 0 Å². The van der Waals surface area contributed by atoms with Gasteiger partial charge in [0.1, 0.15) is 0 Å². The number of unbranched alkanes of at least 4 members (excludes halogenated alkanes) is 1. The predicted octanol–water partition coefficient (Wildman–Crippen LogP) is 8.54. The standard InChI is InChI=1S/C37H36N2O/c1-7-9-23-38-29-21-15-13-19-27(29)36(3,4)34(38)31-25-17-11-12-18-26(25)32(33(31)40)35-37(5,6)28-20-14-16-22-30(28)39(35)24-10-8-2/h11-23H,1,8,10,24H2,2-6H3. The number of anilines is 2. The van der Waals surface area contributed by atoms with E-state index in [0.717, 1.165) is 58.7 Å². The molecule has 3 aromatic rings. The van der Waals surface area contributed by atoms with Gasteiger partial charge < -0.3 is 9.80 Å². The maximum atomic E-state index is 15.0. The number of nitrogens with zero attached hydrogens (tertiary/aromatic N) is 2. The molecule has 3 nitrogen and oxygen atoms in total. The van der Waals surface area contributed by atoms with E-state index in [1.54, 1.807) is 0 Å². The van der Waals surface area contributed by atoms with E-state index in [2.05, 4.69) is 123 Å². The Morgan fingerprint density at radius 1 is 0.775 bits per heavy atom. The molecular formula is C37H36N2O. The van der Waals surface area contributed by atoms with Gasteiger partial charge in [0.25, 0.3) is 0 Å². The molecule has 200 valence electrons. The fourth-order valence-corrected chi connectivity index (χ4v) is 7.02. The first-order chi connectivity index (χ1) is 19.2. The zero-order chi connectivity index (χ0) is 28.2. The molecule has 1 aliphatic carbocycles. The fourth-order valence-electron chi connectivity index (χ4n) is 7.02. The minimum absolute atomic E-state index is 0.0930. The lowest BCUT2D eigenvalue weighted by Crippen LogP contribution is -2.30. The third-order valence-corrected chi connectivity index (χ3v) is 8.82. The molecule has 6 rings (SSSR count). The van der Waals surface area contributed by atoms with E-state index in [9.17, 15) is 0 Å². The molecule has 0 saturated heterocycles. The topological polar surface area (TPSA) is 23.6 Å². The maximum absolute atomic E-state index is 15.0. The summed E-state index contributed by atoms with van der Waals surface area (Å²) in [6, 6.07) is 25.4. The van der Waals surface area contributed by atoms with Gasteiger partial charge in [0, 0.05) is 34.5 Å². The molecule has 0 radical (unpaired) electrons. The second-order valence-corrected chi connectivity index (χ2v) is 11.9. The van der Waals surface area contributed by atoms with Crippen molar-refractivity contribution in [3.8, 4) is 0 Å². The summed E-state index contributed by atoms with van der Waals surface area (Å²) in [5.41, 5.74) is 15.5.